The second kappa shape index (κ2) is 9.72. The van der Waals surface area contributed by atoms with E-state index in [0.717, 1.165) is 32.5 Å². The third kappa shape index (κ3) is 6.04. The van der Waals surface area contributed by atoms with Gasteiger partial charge in [-0.1, -0.05) is 19.1 Å². The highest BCUT2D eigenvalue weighted by Crippen LogP contribution is 2.10. The molecule has 24 heavy (non-hydrogen) atoms. The summed E-state index contributed by atoms with van der Waals surface area (Å²) in [5.74, 6) is -0.343. The van der Waals surface area contributed by atoms with Gasteiger partial charge < -0.3 is 15.4 Å². The maximum atomic E-state index is 11.8. The summed E-state index contributed by atoms with van der Waals surface area (Å²) in [6, 6.07) is 6.44. The first-order valence-corrected chi connectivity index (χ1v) is 8.38. The number of hydrogen-bond acceptors (Lipinski definition) is 4. The Morgan fingerprint density at radius 1 is 1.17 bits per heavy atom. The van der Waals surface area contributed by atoms with Crippen LogP contribution in [0.4, 0.5) is 10.5 Å². The zero-order valence-corrected chi connectivity index (χ0v) is 14.1. The van der Waals surface area contributed by atoms with E-state index >= 15 is 0 Å². The fourth-order valence-corrected chi connectivity index (χ4v) is 2.35. The van der Waals surface area contributed by atoms with Crippen molar-refractivity contribution in [1.29, 1.82) is 0 Å². The first-order chi connectivity index (χ1) is 11.7. The van der Waals surface area contributed by atoms with Gasteiger partial charge in [-0.25, -0.2) is 9.59 Å². The standard InChI is InChI=1S/C18H25N3O3/c1-2-14-24-17(22)15-6-8-16(9-7-15)20-18(23)19-10-5-13-21-11-3-4-12-21/h3-4,6-9H,2,5,10-14H2,1H3,(H2,19,20,23). The van der Waals surface area contributed by atoms with Crippen molar-refractivity contribution in [3.8, 4) is 0 Å². The van der Waals surface area contributed by atoms with E-state index in [2.05, 4.69) is 27.7 Å². The molecule has 1 aromatic rings. The number of esters is 1. The zero-order valence-electron chi connectivity index (χ0n) is 14.1. The smallest absolute Gasteiger partial charge is 0.338 e. The first kappa shape index (κ1) is 18.0. The molecular weight excluding hydrogens is 306 g/mol. The Morgan fingerprint density at radius 3 is 2.54 bits per heavy atom. The fourth-order valence-electron chi connectivity index (χ4n) is 2.35. The van der Waals surface area contributed by atoms with Crippen LogP contribution >= 0.6 is 0 Å². The number of nitrogens with one attached hydrogen (secondary N) is 2. The van der Waals surface area contributed by atoms with Gasteiger partial charge >= 0.3 is 12.0 Å². The normalized spacial score (nSPS) is 13.7. The lowest BCUT2D eigenvalue weighted by Crippen LogP contribution is -2.32. The predicted octanol–water partition coefficient (Wildman–Crippen LogP) is 2.64. The minimum atomic E-state index is -0.343. The summed E-state index contributed by atoms with van der Waals surface area (Å²) < 4.78 is 5.06. The first-order valence-electron chi connectivity index (χ1n) is 8.38. The fraction of sp³-hybridized carbons (Fsp3) is 0.444. The van der Waals surface area contributed by atoms with Crippen molar-refractivity contribution in [3.05, 3.63) is 42.0 Å². The van der Waals surface area contributed by atoms with Crippen LogP contribution in [0.2, 0.25) is 0 Å². The third-order valence-corrected chi connectivity index (χ3v) is 3.65. The molecule has 0 aromatic heterocycles. The molecule has 0 bridgehead atoms. The molecule has 130 valence electrons. The second-order valence-corrected chi connectivity index (χ2v) is 5.68. The number of ether oxygens (including phenoxy) is 1. The summed E-state index contributed by atoms with van der Waals surface area (Å²) in [6.07, 6.45) is 6.01. The van der Waals surface area contributed by atoms with Crippen LogP contribution in [0.3, 0.4) is 0 Å². The Morgan fingerprint density at radius 2 is 1.88 bits per heavy atom. The minimum absolute atomic E-state index is 0.240. The van der Waals surface area contributed by atoms with Gasteiger partial charge in [0.2, 0.25) is 0 Å². The van der Waals surface area contributed by atoms with Gasteiger partial charge in [-0.15, -0.1) is 0 Å². The van der Waals surface area contributed by atoms with E-state index in [1.165, 1.54) is 0 Å². The van der Waals surface area contributed by atoms with Crippen LogP contribution in [0.25, 0.3) is 0 Å². The molecular formula is C18H25N3O3. The molecule has 0 spiro atoms. The predicted molar refractivity (Wildman–Crippen MR) is 94.2 cm³/mol. The molecule has 0 saturated heterocycles. The van der Waals surface area contributed by atoms with Crippen LogP contribution in [0.1, 0.15) is 30.1 Å². The highest BCUT2D eigenvalue weighted by atomic mass is 16.5. The molecule has 0 atom stereocenters. The molecule has 2 amide bonds. The maximum Gasteiger partial charge on any atom is 0.338 e. The van der Waals surface area contributed by atoms with Gasteiger partial charge in [-0.05, 0) is 37.1 Å². The third-order valence-electron chi connectivity index (χ3n) is 3.65. The van der Waals surface area contributed by atoms with Crippen molar-refractivity contribution in [3.63, 3.8) is 0 Å². The van der Waals surface area contributed by atoms with Crippen LogP contribution in [0, 0.1) is 0 Å². The molecule has 0 fully saturated rings. The van der Waals surface area contributed by atoms with E-state index in [1.807, 2.05) is 6.92 Å². The number of nitrogens with zero attached hydrogens (tertiary/aromatic N) is 1. The van der Waals surface area contributed by atoms with Crippen molar-refractivity contribution >= 4 is 17.7 Å². The molecule has 0 aliphatic carbocycles. The lowest BCUT2D eigenvalue weighted by atomic mass is 10.2. The molecule has 0 saturated carbocycles. The van der Waals surface area contributed by atoms with E-state index in [-0.39, 0.29) is 12.0 Å². The van der Waals surface area contributed by atoms with Crippen LogP contribution in [-0.2, 0) is 4.74 Å². The lowest BCUT2D eigenvalue weighted by Gasteiger charge is -2.14. The second-order valence-electron chi connectivity index (χ2n) is 5.68. The minimum Gasteiger partial charge on any atom is -0.462 e. The van der Waals surface area contributed by atoms with Crippen LogP contribution < -0.4 is 10.6 Å². The van der Waals surface area contributed by atoms with Crippen LogP contribution in [-0.4, -0.2) is 49.7 Å². The van der Waals surface area contributed by atoms with Gasteiger partial charge in [0.1, 0.15) is 0 Å². The van der Waals surface area contributed by atoms with Crippen molar-refractivity contribution in [2.24, 2.45) is 0 Å². The molecule has 2 N–H and O–H groups in total. The lowest BCUT2D eigenvalue weighted by molar-refractivity contribution is 0.0505. The number of urea groups is 1. The SMILES string of the molecule is CCCOC(=O)c1ccc(NC(=O)NCCCN2CC=CC2)cc1. The van der Waals surface area contributed by atoms with Gasteiger partial charge in [0.15, 0.2) is 0 Å². The zero-order chi connectivity index (χ0) is 17.2. The summed E-state index contributed by atoms with van der Waals surface area (Å²) in [5.41, 5.74) is 1.12. The Kier molecular flexibility index (Phi) is 7.29. The van der Waals surface area contributed by atoms with Gasteiger partial charge in [0.05, 0.1) is 12.2 Å². The number of hydrogen-bond donors (Lipinski definition) is 2. The van der Waals surface area contributed by atoms with Crippen molar-refractivity contribution in [2.45, 2.75) is 19.8 Å². The quantitative estimate of drug-likeness (QED) is 0.436. The monoisotopic (exact) mass is 331 g/mol. The average Bonchev–Trinajstić information content (AvgIpc) is 3.10. The molecule has 1 aliphatic rings. The largest absolute Gasteiger partial charge is 0.462 e. The molecule has 1 aromatic carbocycles. The topological polar surface area (TPSA) is 70.7 Å². The Bertz CT molecular complexity index is 561. The highest BCUT2D eigenvalue weighted by molar-refractivity contribution is 5.92. The number of carbonyl (C=O) groups excluding carboxylic acids is 2. The molecule has 2 rings (SSSR count). The average molecular weight is 331 g/mol. The molecule has 6 heteroatoms. The summed E-state index contributed by atoms with van der Waals surface area (Å²) in [4.78, 5) is 25.8. The van der Waals surface area contributed by atoms with Crippen molar-refractivity contribution < 1.29 is 14.3 Å². The molecule has 6 nitrogen and oxygen atoms in total. The maximum absolute atomic E-state index is 11.8. The number of benzene rings is 1. The van der Waals surface area contributed by atoms with Crippen LogP contribution in [0.15, 0.2) is 36.4 Å². The van der Waals surface area contributed by atoms with E-state index in [0.29, 0.717) is 24.4 Å². The molecule has 0 radical (unpaired) electrons. The number of rotatable bonds is 8. The Hall–Kier alpha value is -2.34. The summed E-state index contributed by atoms with van der Waals surface area (Å²) in [7, 11) is 0. The summed E-state index contributed by atoms with van der Waals surface area (Å²) in [6.45, 7) is 5.96. The van der Waals surface area contributed by atoms with E-state index in [1.54, 1.807) is 24.3 Å². The molecule has 1 aliphatic heterocycles. The Labute approximate surface area is 142 Å². The molecule has 1 heterocycles. The molecule has 0 unspecified atom stereocenters. The van der Waals surface area contributed by atoms with Gasteiger partial charge in [-0.2, -0.15) is 0 Å². The van der Waals surface area contributed by atoms with Crippen molar-refractivity contribution in [2.75, 3.05) is 38.1 Å². The van der Waals surface area contributed by atoms with Crippen molar-refractivity contribution in [1.82, 2.24) is 10.2 Å². The summed E-state index contributed by atoms with van der Waals surface area (Å²) in [5, 5.41) is 5.58. The van der Waals surface area contributed by atoms with E-state index in [4.69, 9.17) is 4.74 Å². The van der Waals surface area contributed by atoms with Gasteiger partial charge in [0.25, 0.3) is 0 Å². The highest BCUT2D eigenvalue weighted by Gasteiger charge is 2.08. The number of anilines is 1. The summed E-state index contributed by atoms with van der Waals surface area (Å²) >= 11 is 0. The van der Waals surface area contributed by atoms with E-state index in [9.17, 15) is 9.59 Å². The van der Waals surface area contributed by atoms with E-state index < -0.39 is 0 Å². The number of amides is 2. The van der Waals surface area contributed by atoms with Gasteiger partial charge in [0, 0.05) is 31.9 Å². The number of carbonyl (C=O) groups is 2. The van der Waals surface area contributed by atoms with Gasteiger partial charge in [-0.3, -0.25) is 4.90 Å². The van der Waals surface area contributed by atoms with Crippen LogP contribution in [0.5, 0.6) is 0 Å². The Balaban J connectivity index is 1.66.